The van der Waals surface area contributed by atoms with Gasteiger partial charge >= 0.3 is 0 Å². The maximum Gasteiger partial charge on any atom is 0.251 e. The first kappa shape index (κ1) is 15.2. The van der Waals surface area contributed by atoms with Crippen LogP contribution in [0.1, 0.15) is 21.7 Å². The molecule has 0 spiro atoms. The molecule has 4 nitrogen and oxygen atoms in total. The van der Waals surface area contributed by atoms with Crippen LogP contribution in [0.25, 0.3) is 11.0 Å². The largest absolute Gasteiger partial charge is 0.352 e. The third-order valence-electron chi connectivity index (χ3n) is 3.98. The fourth-order valence-electron chi connectivity index (χ4n) is 2.53. The van der Waals surface area contributed by atoms with Gasteiger partial charge in [0.2, 0.25) is 0 Å². The smallest absolute Gasteiger partial charge is 0.251 e. The van der Waals surface area contributed by atoms with Crippen LogP contribution in [0.5, 0.6) is 0 Å². The van der Waals surface area contributed by atoms with Crippen molar-refractivity contribution in [3.05, 3.63) is 65.2 Å². The molecule has 0 atom stereocenters. The van der Waals surface area contributed by atoms with Gasteiger partial charge in [-0.1, -0.05) is 12.1 Å². The van der Waals surface area contributed by atoms with Crippen LogP contribution in [0, 0.1) is 12.7 Å². The molecule has 5 heteroatoms. The van der Waals surface area contributed by atoms with Gasteiger partial charge in [0.15, 0.2) is 0 Å². The van der Waals surface area contributed by atoms with Gasteiger partial charge in [0.1, 0.15) is 11.6 Å². The van der Waals surface area contributed by atoms with Gasteiger partial charge in [0.25, 0.3) is 5.91 Å². The van der Waals surface area contributed by atoms with E-state index in [0.29, 0.717) is 18.5 Å². The summed E-state index contributed by atoms with van der Waals surface area (Å²) in [4.78, 5) is 16.7. The molecule has 118 valence electrons. The molecule has 0 aliphatic carbocycles. The Hall–Kier alpha value is -2.69. The Balaban J connectivity index is 1.65. The van der Waals surface area contributed by atoms with Gasteiger partial charge in [0, 0.05) is 19.2 Å². The minimum Gasteiger partial charge on any atom is -0.352 e. The van der Waals surface area contributed by atoms with Crippen molar-refractivity contribution in [3.63, 3.8) is 0 Å². The number of amides is 1. The summed E-state index contributed by atoms with van der Waals surface area (Å²) < 4.78 is 14.8. The van der Waals surface area contributed by atoms with Crippen LogP contribution in [-0.4, -0.2) is 22.0 Å². The summed E-state index contributed by atoms with van der Waals surface area (Å²) in [5.41, 5.74) is 3.40. The molecule has 23 heavy (non-hydrogen) atoms. The van der Waals surface area contributed by atoms with E-state index in [9.17, 15) is 9.18 Å². The van der Waals surface area contributed by atoms with Crippen molar-refractivity contribution < 1.29 is 9.18 Å². The van der Waals surface area contributed by atoms with E-state index in [1.165, 1.54) is 12.1 Å². The monoisotopic (exact) mass is 311 g/mol. The fraction of sp³-hybridized carbons (Fsp3) is 0.222. The molecule has 0 saturated heterocycles. The summed E-state index contributed by atoms with van der Waals surface area (Å²) in [6.07, 6.45) is 0.664. The lowest BCUT2D eigenvalue weighted by molar-refractivity contribution is 0.0954. The summed E-state index contributed by atoms with van der Waals surface area (Å²) in [5.74, 6) is 0.530. The maximum absolute atomic E-state index is 12.8. The average molecular weight is 311 g/mol. The molecule has 0 fully saturated rings. The Morgan fingerprint density at radius 2 is 1.96 bits per heavy atom. The van der Waals surface area contributed by atoms with Crippen molar-refractivity contribution in [2.24, 2.45) is 7.05 Å². The molecule has 1 N–H and O–H groups in total. The standard InChI is InChI=1S/C18H18FN3O/c1-12-21-16-11-14(5-8-17(16)22(12)2)18(23)20-10-9-13-3-6-15(19)7-4-13/h3-8,11H,9-10H2,1-2H3,(H,20,23). The second-order valence-electron chi connectivity index (χ2n) is 5.55. The number of aryl methyl sites for hydroxylation is 2. The van der Waals surface area contributed by atoms with Crippen LogP contribution in [0.15, 0.2) is 42.5 Å². The van der Waals surface area contributed by atoms with Crippen LogP contribution in [0.3, 0.4) is 0 Å². The van der Waals surface area contributed by atoms with Gasteiger partial charge in [-0.25, -0.2) is 9.37 Å². The molecule has 2 aromatic carbocycles. The molecule has 0 bridgehead atoms. The van der Waals surface area contributed by atoms with E-state index in [1.54, 1.807) is 24.3 Å². The number of hydrogen-bond acceptors (Lipinski definition) is 2. The van der Waals surface area contributed by atoms with Crippen LogP contribution in [-0.2, 0) is 13.5 Å². The minimum absolute atomic E-state index is 0.127. The first-order chi connectivity index (χ1) is 11.0. The summed E-state index contributed by atoms with van der Waals surface area (Å²) in [7, 11) is 1.95. The predicted octanol–water partition coefficient (Wildman–Crippen LogP) is 2.99. The van der Waals surface area contributed by atoms with Crippen LogP contribution >= 0.6 is 0 Å². The Morgan fingerprint density at radius 3 is 2.70 bits per heavy atom. The molecule has 0 aliphatic heterocycles. The Labute approximate surface area is 134 Å². The lowest BCUT2D eigenvalue weighted by Crippen LogP contribution is -2.25. The molecular weight excluding hydrogens is 293 g/mol. The van der Waals surface area contributed by atoms with Gasteiger partial charge in [-0.05, 0) is 49.2 Å². The first-order valence-corrected chi connectivity index (χ1v) is 7.50. The van der Waals surface area contributed by atoms with Gasteiger partial charge in [-0.3, -0.25) is 4.79 Å². The zero-order chi connectivity index (χ0) is 16.4. The van der Waals surface area contributed by atoms with E-state index in [-0.39, 0.29) is 11.7 Å². The number of aromatic nitrogens is 2. The third kappa shape index (κ3) is 3.23. The van der Waals surface area contributed by atoms with Crippen molar-refractivity contribution >= 4 is 16.9 Å². The molecule has 3 rings (SSSR count). The minimum atomic E-state index is -0.253. The fourth-order valence-corrected chi connectivity index (χ4v) is 2.53. The van der Waals surface area contributed by atoms with E-state index < -0.39 is 0 Å². The first-order valence-electron chi connectivity index (χ1n) is 7.50. The third-order valence-corrected chi connectivity index (χ3v) is 3.98. The van der Waals surface area contributed by atoms with E-state index in [2.05, 4.69) is 10.3 Å². The number of benzene rings is 2. The zero-order valence-electron chi connectivity index (χ0n) is 13.1. The lowest BCUT2D eigenvalue weighted by atomic mass is 10.1. The second-order valence-corrected chi connectivity index (χ2v) is 5.55. The molecule has 0 radical (unpaired) electrons. The van der Waals surface area contributed by atoms with E-state index in [4.69, 9.17) is 0 Å². The SMILES string of the molecule is Cc1nc2cc(C(=O)NCCc3ccc(F)cc3)ccc2n1C. The number of carbonyl (C=O) groups excluding carboxylic acids is 1. The summed E-state index contributed by atoms with van der Waals surface area (Å²) in [6.45, 7) is 2.44. The summed E-state index contributed by atoms with van der Waals surface area (Å²) in [6, 6.07) is 11.8. The van der Waals surface area contributed by atoms with Gasteiger partial charge < -0.3 is 9.88 Å². The molecular formula is C18H18FN3O. The molecule has 0 aliphatic rings. The Kier molecular flexibility index (Phi) is 4.10. The normalized spacial score (nSPS) is 10.9. The second kappa shape index (κ2) is 6.20. The predicted molar refractivity (Wildman–Crippen MR) is 87.9 cm³/mol. The lowest BCUT2D eigenvalue weighted by Gasteiger charge is -2.06. The topological polar surface area (TPSA) is 46.9 Å². The van der Waals surface area contributed by atoms with Crippen LogP contribution < -0.4 is 5.32 Å². The molecule has 1 heterocycles. The van der Waals surface area contributed by atoms with Crippen molar-refractivity contribution in [2.75, 3.05) is 6.54 Å². The zero-order valence-corrected chi connectivity index (χ0v) is 13.1. The maximum atomic E-state index is 12.8. The number of halogens is 1. The van der Waals surface area contributed by atoms with Crippen LogP contribution in [0.4, 0.5) is 4.39 Å². The van der Waals surface area contributed by atoms with Gasteiger partial charge in [0.05, 0.1) is 11.0 Å². The summed E-state index contributed by atoms with van der Waals surface area (Å²) >= 11 is 0. The highest BCUT2D eigenvalue weighted by molar-refractivity contribution is 5.97. The van der Waals surface area contributed by atoms with E-state index >= 15 is 0 Å². The quantitative estimate of drug-likeness (QED) is 0.805. The van der Waals surface area contributed by atoms with Gasteiger partial charge in [-0.15, -0.1) is 0 Å². The molecule has 3 aromatic rings. The highest BCUT2D eigenvalue weighted by atomic mass is 19.1. The Morgan fingerprint density at radius 1 is 1.22 bits per heavy atom. The molecule has 1 amide bonds. The number of carbonyl (C=O) groups is 1. The molecule has 0 saturated carbocycles. The molecule has 0 unspecified atom stereocenters. The molecule has 1 aromatic heterocycles. The van der Waals surface area contributed by atoms with Crippen LogP contribution in [0.2, 0.25) is 0 Å². The summed E-state index contributed by atoms with van der Waals surface area (Å²) in [5, 5.41) is 2.88. The van der Waals surface area contributed by atoms with Crippen molar-refractivity contribution in [1.82, 2.24) is 14.9 Å². The van der Waals surface area contributed by atoms with Gasteiger partial charge in [-0.2, -0.15) is 0 Å². The number of nitrogens with zero attached hydrogens (tertiary/aromatic N) is 2. The Bertz CT molecular complexity index is 853. The average Bonchev–Trinajstić information content (AvgIpc) is 2.83. The number of fused-ring (bicyclic) bond motifs is 1. The van der Waals surface area contributed by atoms with Crippen molar-refractivity contribution in [3.8, 4) is 0 Å². The van der Waals surface area contributed by atoms with Crippen molar-refractivity contribution in [1.29, 1.82) is 0 Å². The highest BCUT2D eigenvalue weighted by Gasteiger charge is 2.09. The van der Waals surface area contributed by atoms with E-state index in [0.717, 1.165) is 22.4 Å². The van der Waals surface area contributed by atoms with Crippen molar-refractivity contribution in [2.45, 2.75) is 13.3 Å². The van der Waals surface area contributed by atoms with E-state index in [1.807, 2.05) is 24.6 Å². The highest BCUT2D eigenvalue weighted by Crippen LogP contribution is 2.16. The number of hydrogen-bond donors (Lipinski definition) is 1. The number of imidazole rings is 1. The number of nitrogens with one attached hydrogen (secondary N) is 1. The number of rotatable bonds is 4.